The molecule has 0 saturated carbocycles. The van der Waals surface area contributed by atoms with Crippen LogP contribution in [0, 0.1) is 10.1 Å². The van der Waals surface area contributed by atoms with Crippen LogP contribution in [-0.2, 0) is 6.54 Å². The summed E-state index contributed by atoms with van der Waals surface area (Å²) in [6.07, 6.45) is 0. The van der Waals surface area contributed by atoms with Crippen molar-refractivity contribution in [3.05, 3.63) is 73.2 Å². The number of nitro benzene ring substituents is 1. The summed E-state index contributed by atoms with van der Waals surface area (Å²) >= 11 is 9.11. The molecule has 0 aliphatic heterocycles. The molecule has 0 aliphatic carbocycles. The fourth-order valence-corrected chi connectivity index (χ4v) is 2.17. The summed E-state index contributed by atoms with van der Waals surface area (Å²) in [6, 6.07) is 11.3. The van der Waals surface area contributed by atoms with Crippen LogP contribution >= 0.6 is 27.5 Å². The molecule has 1 N–H and O–H groups in total. The first-order valence-electron chi connectivity index (χ1n) is 5.94. The highest BCUT2D eigenvalue weighted by Gasteiger charge is 2.20. The highest BCUT2D eigenvalue weighted by atomic mass is 79.9. The first kappa shape index (κ1) is 15.5. The Morgan fingerprint density at radius 2 is 1.90 bits per heavy atom. The monoisotopic (exact) mass is 368 g/mol. The molecule has 7 heteroatoms. The molecule has 5 nitrogen and oxygen atoms in total. The number of carbonyl (C=O) groups is 1. The lowest BCUT2D eigenvalue weighted by Crippen LogP contribution is -2.23. The van der Waals surface area contributed by atoms with Gasteiger partial charge >= 0.3 is 0 Å². The van der Waals surface area contributed by atoms with E-state index in [-0.39, 0.29) is 22.8 Å². The van der Waals surface area contributed by atoms with Crippen LogP contribution in [0.4, 0.5) is 5.69 Å². The van der Waals surface area contributed by atoms with Gasteiger partial charge in [-0.1, -0.05) is 39.7 Å². The molecule has 0 bridgehead atoms. The van der Waals surface area contributed by atoms with Crippen LogP contribution in [0.3, 0.4) is 0 Å². The minimum absolute atomic E-state index is 0.0513. The minimum Gasteiger partial charge on any atom is -0.348 e. The average molecular weight is 370 g/mol. The van der Waals surface area contributed by atoms with Gasteiger partial charge in [0.15, 0.2) is 0 Å². The molecule has 108 valence electrons. The third-order valence-electron chi connectivity index (χ3n) is 2.77. The average Bonchev–Trinajstić information content (AvgIpc) is 2.46. The quantitative estimate of drug-likeness (QED) is 0.655. The van der Waals surface area contributed by atoms with Gasteiger partial charge in [-0.25, -0.2) is 0 Å². The molecule has 0 heterocycles. The van der Waals surface area contributed by atoms with Crippen LogP contribution in [0.15, 0.2) is 46.9 Å². The van der Waals surface area contributed by atoms with E-state index in [1.165, 1.54) is 18.2 Å². The number of nitrogens with one attached hydrogen (secondary N) is 1. The van der Waals surface area contributed by atoms with Crippen molar-refractivity contribution in [2.75, 3.05) is 0 Å². The predicted molar refractivity (Wildman–Crippen MR) is 83.4 cm³/mol. The van der Waals surface area contributed by atoms with E-state index in [0.717, 1.165) is 10.0 Å². The Balaban J connectivity index is 2.15. The van der Waals surface area contributed by atoms with Crippen LogP contribution in [0.5, 0.6) is 0 Å². The van der Waals surface area contributed by atoms with E-state index in [4.69, 9.17) is 11.6 Å². The zero-order valence-electron chi connectivity index (χ0n) is 10.7. The molecular formula is C14H10BrClN2O3. The second-order valence-electron chi connectivity index (χ2n) is 4.23. The van der Waals surface area contributed by atoms with Gasteiger partial charge in [0.2, 0.25) is 0 Å². The molecule has 0 aromatic heterocycles. The Kier molecular flexibility index (Phi) is 4.93. The fraction of sp³-hybridized carbons (Fsp3) is 0.0714. The van der Waals surface area contributed by atoms with Crippen LogP contribution < -0.4 is 5.32 Å². The van der Waals surface area contributed by atoms with Gasteiger partial charge in [0, 0.05) is 22.1 Å². The molecule has 0 atom stereocenters. The highest BCUT2D eigenvalue weighted by molar-refractivity contribution is 9.10. The normalized spacial score (nSPS) is 10.2. The van der Waals surface area contributed by atoms with E-state index in [1.54, 1.807) is 0 Å². The summed E-state index contributed by atoms with van der Waals surface area (Å²) in [5.41, 5.74) is 0.563. The number of nitrogens with zero attached hydrogens (tertiary/aromatic N) is 1. The van der Waals surface area contributed by atoms with Gasteiger partial charge in [0.25, 0.3) is 11.6 Å². The summed E-state index contributed by atoms with van der Waals surface area (Å²) < 4.78 is 0.933. The van der Waals surface area contributed by atoms with Crippen molar-refractivity contribution in [2.24, 2.45) is 0 Å². The second-order valence-corrected chi connectivity index (χ2v) is 5.58. The van der Waals surface area contributed by atoms with Crippen LogP contribution in [0.2, 0.25) is 5.02 Å². The van der Waals surface area contributed by atoms with Gasteiger partial charge in [-0.2, -0.15) is 0 Å². The molecule has 2 aromatic carbocycles. The SMILES string of the molecule is O=C(NCc1ccc(Br)cc1)c1cc(Cl)ccc1[N+](=O)[O-]. The van der Waals surface area contributed by atoms with Gasteiger partial charge in [-0.05, 0) is 29.8 Å². The number of benzene rings is 2. The maximum absolute atomic E-state index is 12.1. The van der Waals surface area contributed by atoms with Crippen LogP contribution in [-0.4, -0.2) is 10.8 Å². The largest absolute Gasteiger partial charge is 0.348 e. The van der Waals surface area contributed by atoms with Crippen molar-refractivity contribution in [3.63, 3.8) is 0 Å². The van der Waals surface area contributed by atoms with Crippen molar-refractivity contribution >= 4 is 39.1 Å². The Labute approximate surface area is 134 Å². The van der Waals surface area contributed by atoms with Gasteiger partial charge in [-0.3, -0.25) is 14.9 Å². The molecule has 0 radical (unpaired) electrons. The lowest BCUT2D eigenvalue weighted by molar-refractivity contribution is -0.385. The molecule has 0 unspecified atom stereocenters. The van der Waals surface area contributed by atoms with E-state index in [0.29, 0.717) is 0 Å². The molecule has 0 spiro atoms. The van der Waals surface area contributed by atoms with Crippen LogP contribution in [0.25, 0.3) is 0 Å². The van der Waals surface area contributed by atoms with Crippen molar-refractivity contribution in [2.45, 2.75) is 6.54 Å². The summed E-state index contributed by atoms with van der Waals surface area (Å²) in [6.45, 7) is 0.274. The Bertz CT molecular complexity index is 689. The van der Waals surface area contributed by atoms with Crippen molar-refractivity contribution < 1.29 is 9.72 Å². The Morgan fingerprint density at radius 3 is 2.52 bits per heavy atom. The van der Waals surface area contributed by atoms with E-state index in [2.05, 4.69) is 21.2 Å². The lowest BCUT2D eigenvalue weighted by Gasteiger charge is -2.06. The zero-order chi connectivity index (χ0) is 15.4. The number of rotatable bonds is 4. The number of nitro groups is 1. The summed E-state index contributed by atoms with van der Waals surface area (Å²) in [5.74, 6) is -0.535. The molecular weight excluding hydrogens is 360 g/mol. The third-order valence-corrected chi connectivity index (χ3v) is 3.53. The van der Waals surface area contributed by atoms with Gasteiger partial charge in [0.1, 0.15) is 5.56 Å². The highest BCUT2D eigenvalue weighted by Crippen LogP contribution is 2.22. The molecule has 1 amide bonds. The summed E-state index contributed by atoms with van der Waals surface area (Å²) in [5, 5.41) is 13.8. The van der Waals surface area contributed by atoms with E-state index < -0.39 is 10.8 Å². The predicted octanol–water partition coefficient (Wildman–Crippen LogP) is 3.94. The molecule has 2 rings (SSSR count). The minimum atomic E-state index is -0.606. The maximum atomic E-state index is 12.1. The fourth-order valence-electron chi connectivity index (χ4n) is 1.73. The maximum Gasteiger partial charge on any atom is 0.282 e. The molecule has 0 saturated heterocycles. The van der Waals surface area contributed by atoms with Gasteiger partial charge in [-0.15, -0.1) is 0 Å². The smallest absolute Gasteiger partial charge is 0.282 e. The molecule has 21 heavy (non-hydrogen) atoms. The van der Waals surface area contributed by atoms with E-state index in [1.807, 2.05) is 24.3 Å². The number of amides is 1. The third kappa shape index (κ3) is 4.03. The van der Waals surface area contributed by atoms with E-state index in [9.17, 15) is 14.9 Å². The molecule has 0 fully saturated rings. The number of carbonyl (C=O) groups excluding carboxylic acids is 1. The topological polar surface area (TPSA) is 72.2 Å². The van der Waals surface area contributed by atoms with Crippen LogP contribution in [0.1, 0.15) is 15.9 Å². The van der Waals surface area contributed by atoms with Crippen molar-refractivity contribution in [3.8, 4) is 0 Å². The zero-order valence-corrected chi connectivity index (χ0v) is 13.0. The molecule has 0 aliphatic rings. The summed E-state index contributed by atoms with van der Waals surface area (Å²) in [4.78, 5) is 22.4. The number of hydrogen-bond donors (Lipinski definition) is 1. The van der Waals surface area contributed by atoms with Crippen molar-refractivity contribution in [1.82, 2.24) is 5.32 Å². The summed E-state index contributed by atoms with van der Waals surface area (Å²) in [7, 11) is 0. The lowest BCUT2D eigenvalue weighted by atomic mass is 10.1. The Hall–Kier alpha value is -1.92. The first-order valence-corrected chi connectivity index (χ1v) is 7.11. The van der Waals surface area contributed by atoms with Gasteiger partial charge in [0.05, 0.1) is 4.92 Å². The van der Waals surface area contributed by atoms with Crippen molar-refractivity contribution in [1.29, 1.82) is 0 Å². The number of hydrogen-bond acceptors (Lipinski definition) is 3. The molecule has 2 aromatic rings. The standard InChI is InChI=1S/C14H10BrClN2O3/c15-10-3-1-9(2-4-10)8-17-14(19)12-7-11(16)5-6-13(12)18(20)21/h1-7H,8H2,(H,17,19). The number of halogens is 2. The Morgan fingerprint density at radius 1 is 1.24 bits per heavy atom. The van der Waals surface area contributed by atoms with Gasteiger partial charge < -0.3 is 5.32 Å². The second kappa shape index (κ2) is 6.69. The first-order chi connectivity index (χ1) is 9.97. The van der Waals surface area contributed by atoms with E-state index >= 15 is 0 Å².